The van der Waals surface area contributed by atoms with Crippen molar-refractivity contribution in [3.05, 3.63) is 0 Å². The third-order valence-electron chi connectivity index (χ3n) is 2.09. The summed E-state index contributed by atoms with van der Waals surface area (Å²) in [6, 6.07) is 4.18. The molecule has 0 aromatic rings. The molecule has 0 bridgehead atoms. The van der Waals surface area contributed by atoms with Crippen molar-refractivity contribution in [3.63, 3.8) is 0 Å². The first kappa shape index (κ1) is 8.04. The Morgan fingerprint density at radius 3 is 2.36 bits per heavy atom. The summed E-state index contributed by atoms with van der Waals surface area (Å²) >= 11 is 0. The van der Waals surface area contributed by atoms with Gasteiger partial charge in [-0.1, -0.05) is 0 Å². The molecule has 1 rings (SSSR count). The standard InChI is InChI=1S/C8H10N2O/c1-8(2)7(4-10)6(3-9)5-11-8/h6-7H,5H2,1-2H3. The predicted molar refractivity (Wildman–Crippen MR) is 38.2 cm³/mol. The van der Waals surface area contributed by atoms with E-state index in [1.807, 2.05) is 13.8 Å². The Hall–Kier alpha value is -1.06. The number of hydrogen-bond acceptors (Lipinski definition) is 3. The van der Waals surface area contributed by atoms with E-state index in [1.165, 1.54) is 0 Å². The third-order valence-corrected chi connectivity index (χ3v) is 2.09. The maximum Gasteiger partial charge on any atom is 0.0928 e. The van der Waals surface area contributed by atoms with Crippen molar-refractivity contribution in [1.29, 1.82) is 10.5 Å². The Labute approximate surface area is 66.2 Å². The van der Waals surface area contributed by atoms with Crippen LogP contribution in [0.3, 0.4) is 0 Å². The molecule has 2 atom stereocenters. The fraction of sp³-hybridized carbons (Fsp3) is 0.750. The van der Waals surface area contributed by atoms with Crippen LogP contribution in [-0.4, -0.2) is 12.2 Å². The zero-order chi connectivity index (χ0) is 8.48. The molecule has 11 heavy (non-hydrogen) atoms. The summed E-state index contributed by atoms with van der Waals surface area (Å²) in [5, 5.41) is 17.3. The van der Waals surface area contributed by atoms with Gasteiger partial charge in [0, 0.05) is 0 Å². The molecule has 0 saturated carbocycles. The van der Waals surface area contributed by atoms with Gasteiger partial charge in [0.2, 0.25) is 0 Å². The van der Waals surface area contributed by atoms with Crippen LogP contribution >= 0.6 is 0 Å². The lowest BCUT2D eigenvalue weighted by atomic mass is 9.85. The molecule has 1 fully saturated rings. The lowest BCUT2D eigenvalue weighted by Crippen LogP contribution is -2.28. The van der Waals surface area contributed by atoms with Gasteiger partial charge in [0.05, 0.1) is 36.2 Å². The summed E-state index contributed by atoms with van der Waals surface area (Å²) < 4.78 is 5.30. The summed E-state index contributed by atoms with van der Waals surface area (Å²) in [6.45, 7) is 4.08. The zero-order valence-electron chi connectivity index (χ0n) is 6.66. The maximum atomic E-state index is 8.72. The number of nitrogens with zero attached hydrogens (tertiary/aromatic N) is 2. The molecule has 3 nitrogen and oxygen atoms in total. The van der Waals surface area contributed by atoms with Crippen LogP contribution in [0.25, 0.3) is 0 Å². The Bertz CT molecular complexity index is 233. The highest BCUT2D eigenvalue weighted by Crippen LogP contribution is 2.34. The SMILES string of the molecule is CC1(C)OCC(C#N)C1C#N. The lowest BCUT2D eigenvalue weighted by molar-refractivity contribution is 0.0224. The predicted octanol–water partition coefficient (Wildman–Crippen LogP) is 1.07. The van der Waals surface area contributed by atoms with E-state index in [9.17, 15) is 0 Å². The van der Waals surface area contributed by atoms with E-state index in [4.69, 9.17) is 15.3 Å². The van der Waals surface area contributed by atoms with E-state index in [1.54, 1.807) is 0 Å². The van der Waals surface area contributed by atoms with Crippen LogP contribution in [0.2, 0.25) is 0 Å². The number of ether oxygens (including phenoxy) is 1. The van der Waals surface area contributed by atoms with Gasteiger partial charge in [0.1, 0.15) is 0 Å². The largest absolute Gasteiger partial charge is 0.373 e. The van der Waals surface area contributed by atoms with E-state index < -0.39 is 5.60 Å². The summed E-state index contributed by atoms with van der Waals surface area (Å²) in [5.41, 5.74) is -0.449. The van der Waals surface area contributed by atoms with Crippen molar-refractivity contribution in [1.82, 2.24) is 0 Å². The van der Waals surface area contributed by atoms with Gasteiger partial charge in [-0.05, 0) is 13.8 Å². The van der Waals surface area contributed by atoms with Gasteiger partial charge in [-0.25, -0.2) is 0 Å². The molecule has 0 aromatic heterocycles. The highest BCUT2D eigenvalue weighted by molar-refractivity contribution is 5.09. The molecule has 0 aliphatic carbocycles. The molecule has 1 aliphatic rings. The van der Waals surface area contributed by atoms with Gasteiger partial charge in [0.15, 0.2) is 0 Å². The van der Waals surface area contributed by atoms with E-state index >= 15 is 0 Å². The van der Waals surface area contributed by atoms with Crippen LogP contribution < -0.4 is 0 Å². The molecule has 0 spiro atoms. The second-order valence-corrected chi connectivity index (χ2v) is 3.26. The number of hydrogen-bond donors (Lipinski definition) is 0. The fourth-order valence-electron chi connectivity index (χ4n) is 1.33. The summed E-state index contributed by atoms with van der Waals surface area (Å²) in [6.07, 6.45) is 0. The van der Waals surface area contributed by atoms with Gasteiger partial charge < -0.3 is 4.74 Å². The fourth-order valence-corrected chi connectivity index (χ4v) is 1.33. The van der Waals surface area contributed by atoms with Crippen molar-refractivity contribution in [3.8, 4) is 12.1 Å². The summed E-state index contributed by atoms with van der Waals surface area (Å²) in [7, 11) is 0. The minimum absolute atomic E-state index is 0.255. The summed E-state index contributed by atoms with van der Waals surface area (Å²) in [5.74, 6) is -0.539. The molecule has 1 saturated heterocycles. The lowest BCUT2D eigenvalue weighted by Gasteiger charge is -2.20. The average molecular weight is 150 g/mol. The van der Waals surface area contributed by atoms with Crippen molar-refractivity contribution in [2.45, 2.75) is 19.4 Å². The molecule has 0 amide bonds. The minimum atomic E-state index is -0.449. The van der Waals surface area contributed by atoms with Crippen molar-refractivity contribution < 1.29 is 4.74 Å². The monoisotopic (exact) mass is 150 g/mol. The normalized spacial score (nSPS) is 34.2. The zero-order valence-corrected chi connectivity index (χ0v) is 6.66. The topological polar surface area (TPSA) is 56.8 Å². The number of nitriles is 2. The van der Waals surface area contributed by atoms with Gasteiger partial charge in [-0.2, -0.15) is 10.5 Å². The van der Waals surface area contributed by atoms with E-state index in [-0.39, 0.29) is 11.8 Å². The van der Waals surface area contributed by atoms with Crippen LogP contribution in [0.5, 0.6) is 0 Å². The molecular formula is C8H10N2O. The van der Waals surface area contributed by atoms with Crippen LogP contribution in [0.4, 0.5) is 0 Å². The van der Waals surface area contributed by atoms with E-state index in [0.717, 1.165) is 0 Å². The first-order valence-electron chi connectivity index (χ1n) is 3.55. The Morgan fingerprint density at radius 1 is 1.36 bits per heavy atom. The van der Waals surface area contributed by atoms with Crippen LogP contribution in [0.1, 0.15) is 13.8 Å². The van der Waals surface area contributed by atoms with E-state index in [0.29, 0.717) is 6.61 Å². The Kier molecular flexibility index (Phi) is 1.85. The molecule has 0 N–H and O–H groups in total. The molecule has 3 heteroatoms. The average Bonchev–Trinajstić information content (AvgIpc) is 2.24. The molecule has 58 valence electrons. The van der Waals surface area contributed by atoms with Gasteiger partial charge in [-0.3, -0.25) is 0 Å². The highest BCUT2D eigenvalue weighted by Gasteiger charge is 2.43. The van der Waals surface area contributed by atoms with Gasteiger partial charge in [0.25, 0.3) is 0 Å². The van der Waals surface area contributed by atoms with Crippen LogP contribution in [-0.2, 0) is 4.74 Å². The van der Waals surface area contributed by atoms with Crippen LogP contribution in [0.15, 0.2) is 0 Å². The second-order valence-electron chi connectivity index (χ2n) is 3.26. The molecule has 1 aliphatic heterocycles. The first-order chi connectivity index (χ1) is 5.11. The second kappa shape index (κ2) is 2.53. The number of rotatable bonds is 0. The van der Waals surface area contributed by atoms with Crippen molar-refractivity contribution >= 4 is 0 Å². The van der Waals surface area contributed by atoms with Crippen LogP contribution in [0, 0.1) is 34.5 Å². The first-order valence-corrected chi connectivity index (χ1v) is 3.55. The minimum Gasteiger partial charge on any atom is -0.373 e. The maximum absolute atomic E-state index is 8.72. The van der Waals surface area contributed by atoms with Crippen molar-refractivity contribution in [2.75, 3.05) is 6.61 Å². The van der Waals surface area contributed by atoms with Gasteiger partial charge in [-0.15, -0.1) is 0 Å². The smallest absolute Gasteiger partial charge is 0.0928 e. The van der Waals surface area contributed by atoms with Gasteiger partial charge >= 0.3 is 0 Å². The third kappa shape index (κ3) is 1.20. The van der Waals surface area contributed by atoms with Crippen molar-refractivity contribution in [2.24, 2.45) is 11.8 Å². The van der Waals surface area contributed by atoms with E-state index in [2.05, 4.69) is 12.1 Å². The molecule has 1 heterocycles. The summed E-state index contributed by atoms with van der Waals surface area (Å²) in [4.78, 5) is 0. The molecule has 2 unspecified atom stereocenters. The quantitative estimate of drug-likeness (QED) is 0.519. The molecule has 0 radical (unpaired) electrons. The molecular weight excluding hydrogens is 140 g/mol. The Morgan fingerprint density at radius 2 is 2.00 bits per heavy atom. The molecule has 0 aromatic carbocycles. The Balaban J connectivity index is 2.83. The highest BCUT2D eigenvalue weighted by atomic mass is 16.5.